The summed E-state index contributed by atoms with van der Waals surface area (Å²) in [5.41, 5.74) is 0.962. The summed E-state index contributed by atoms with van der Waals surface area (Å²) in [4.78, 5) is 16.8. The number of hydrogen-bond donors (Lipinski definition) is 1. The average Bonchev–Trinajstić information content (AvgIpc) is 2.60. The number of anilines is 1. The first-order valence-electron chi connectivity index (χ1n) is 8.34. The second-order valence-corrected chi connectivity index (χ2v) is 7.11. The van der Waals surface area contributed by atoms with E-state index < -0.39 is 11.7 Å². The topological polar surface area (TPSA) is 51.2 Å². The normalized spacial score (nSPS) is 11.4. The van der Waals surface area contributed by atoms with Crippen molar-refractivity contribution >= 4 is 22.4 Å². The number of benzene rings is 2. The van der Waals surface area contributed by atoms with Crippen LogP contribution in [-0.2, 0) is 5.41 Å². The molecular formula is C21H21FN2O2. The molecule has 2 aromatic carbocycles. The monoisotopic (exact) mass is 352 g/mol. The van der Waals surface area contributed by atoms with E-state index >= 15 is 0 Å². The molecule has 1 heterocycles. The lowest BCUT2D eigenvalue weighted by atomic mass is 9.85. The highest BCUT2D eigenvalue weighted by Gasteiger charge is 2.25. The lowest BCUT2D eigenvalue weighted by Gasteiger charge is -2.23. The predicted molar refractivity (Wildman–Crippen MR) is 101 cm³/mol. The second kappa shape index (κ2) is 6.75. The van der Waals surface area contributed by atoms with E-state index in [0.717, 1.165) is 10.8 Å². The summed E-state index contributed by atoms with van der Waals surface area (Å²) in [6, 6.07) is 10.5. The molecule has 0 bridgehead atoms. The van der Waals surface area contributed by atoms with Crippen LogP contribution in [0, 0.1) is 5.82 Å². The summed E-state index contributed by atoms with van der Waals surface area (Å²) in [7, 11) is 1.41. The average molecular weight is 352 g/mol. The maximum Gasteiger partial charge on any atom is 0.258 e. The Hall–Kier alpha value is -2.95. The summed E-state index contributed by atoms with van der Waals surface area (Å²) >= 11 is 0. The van der Waals surface area contributed by atoms with Crippen molar-refractivity contribution < 1.29 is 13.9 Å². The van der Waals surface area contributed by atoms with Crippen molar-refractivity contribution in [3.63, 3.8) is 0 Å². The molecule has 0 aliphatic rings. The number of carbonyl (C=O) groups is 1. The smallest absolute Gasteiger partial charge is 0.258 e. The molecule has 0 saturated heterocycles. The highest BCUT2D eigenvalue weighted by Crippen LogP contribution is 2.35. The summed E-state index contributed by atoms with van der Waals surface area (Å²) in [6.07, 6.45) is 3.37. The molecule has 0 aliphatic heterocycles. The van der Waals surface area contributed by atoms with Gasteiger partial charge in [0.25, 0.3) is 5.91 Å². The van der Waals surface area contributed by atoms with Crippen molar-refractivity contribution in [2.75, 3.05) is 12.4 Å². The van der Waals surface area contributed by atoms with Crippen molar-refractivity contribution in [1.82, 2.24) is 4.98 Å². The Morgan fingerprint density at radius 3 is 2.62 bits per heavy atom. The molecule has 5 heteroatoms. The Kier molecular flexibility index (Phi) is 4.64. The molecule has 1 N–H and O–H groups in total. The number of halogens is 1. The van der Waals surface area contributed by atoms with Crippen LogP contribution in [-0.4, -0.2) is 18.0 Å². The van der Waals surface area contributed by atoms with Crippen molar-refractivity contribution in [2.24, 2.45) is 0 Å². The van der Waals surface area contributed by atoms with E-state index in [1.165, 1.54) is 13.2 Å². The van der Waals surface area contributed by atoms with Crippen LogP contribution in [0.25, 0.3) is 10.8 Å². The Balaban J connectivity index is 2.00. The van der Waals surface area contributed by atoms with Gasteiger partial charge in [0.15, 0.2) is 11.6 Å². The van der Waals surface area contributed by atoms with Crippen LogP contribution in [0.2, 0.25) is 0 Å². The van der Waals surface area contributed by atoms with Gasteiger partial charge < -0.3 is 10.1 Å². The number of carbonyl (C=O) groups excluding carboxylic acids is 1. The third-order valence-corrected chi connectivity index (χ3v) is 4.28. The molecule has 3 aromatic rings. The number of methoxy groups -OCH3 is 1. The van der Waals surface area contributed by atoms with Crippen LogP contribution < -0.4 is 10.1 Å². The third kappa shape index (κ3) is 3.25. The van der Waals surface area contributed by atoms with E-state index in [1.54, 1.807) is 24.5 Å². The number of aromatic nitrogens is 1. The molecular weight excluding hydrogens is 331 g/mol. The molecule has 26 heavy (non-hydrogen) atoms. The fraction of sp³-hybridized carbons (Fsp3) is 0.238. The second-order valence-electron chi connectivity index (χ2n) is 7.11. The first-order chi connectivity index (χ1) is 12.3. The standard InChI is InChI=1S/C21H21FN2O2/c1-21(2,3)16-9-8-15(18(22)19(16)26-4)20(25)24-17-7-5-6-13-12-23-11-10-14(13)17/h5-12H,1-4H3,(H,24,25). The predicted octanol–water partition coefficient (Wildman–Crippen LogP) is 4.93. The van der Waals surface area contributed by atoms with E-state index in [0.29, 0.717) is 11.3 Å². The molecule has 1 aromatic heterocycles. The van der Waals surface area contributed by atoms with Crippen LogP contribution in [0.3, 0.4) is 0 Å². The number of ether oxygens (including phenoxy) is 1. The first kappa shape index (κ1) is 17.9. The maximum absolute atomic E-state index is 14.9. The zero-order valence-electron chi connectivity index (χ0n) is 15.3. The van der Waals surface area contributed by atoms with Crippen molar-refractivity contribution in [3.8, 4) is 5.75 Å². The van der Waals surface area contributed by atoms with Gasteiger partial charge >= 0.3 is 0 Å². The Bertz CT molecular complexity index is 972. The number of nitrogens with one attached hydrogen (secondary N) is 1. The van der Waals surface area contributed by atoms with Gasteiger partial charge in [-0.1, -0.05) is 39.0 Å². The molecule has 0 unspecified atom stereocenters. The Morgan fingerprint density at radius 1 is 1.15 bits per heavy atom. The Labute approximate surface area is 152 Å². The number of nitrogens with zero attached hydrogens (tertiary/aromatic N) is 1. The first-order valence-corrected chi connectivity index (χ1v) is 8.34. The zero-order valence-corrected chi connectivity index (χ0v) is 15.3. The minimum atomic E-state index is -0.653. The number of amides is 1. The largest absolute Gasteiger partial charge is 0.493 e. The van der Waals surface area contributed by atoms with Gasteiger partial charge in [-0.2, -0.15) is 0 Å². The SMILES string of the molecule is COc1c(C(C)(C)C)ccc(C(=O)Nc2cccc3cnccc23)c1F. The fourth-order valence-electron chi connectivity index (χ4n) is 2.94. The number of pyridine rings is 1. The van der Waals surface area contributed by atoms with Gasteiger partial charge in [0, 0.05) is 34.4 Å². The van der Waals surface area contributed by atoms with Crippen molar-refractivity contribution in [1.29, 1.82) is 0 Å². The van der Waals surface area contributed by atoms with Gasteiger partial charge in [-0.05, 0) is 23.6 Å². The summed E-state index contributed by atoms with van der Waals surface area (Å²) < 4.78 is 20.2. The minimum absolute atomic E-state index is 0.0547. The number of hydrogen-bond acceptors (Lipinski definition) is 3. The van der Waals surface area contributed by atoms with Gasteiger partial charge in [0.2, 0.25) is 0 Å². The summed E-state index contributed by atoms with van der Waals surface area (Å²) in [6.45, 7) is 5.90. The minimum Gasteiger partial charge on any atom is -0.493 e. The van der Waals surface area contributed by atoms with Gasteiger partial charge in [-0.3, -0.25) is 9.78 Å². The lowest BCUT2D eigenvalue weighted by Crippen LogP contribution is -2.18. The lowest BCUT2D eigenvalue weighted by molar-refractivity contribution is 0.102. The van der Waals surface area contributed by atoms with Gasteiger partial charge in [-0.25, -0.2) is 4.39 Å². The number of fused-ring (bicyclic) bond motifs is 1. The summed E-state index contributed by atoms with van der Waals surface area (Å²) in [5.74, 6) is -1.07. The van der Waals surface area contributed by atoms with Crippen molar-refractivity contribution in [2.45, 2.75) is 26.2 Å². The van der Waals surface area contributed by atoms with Crippen LogP contribution >= 0.6 is 0 Å². The van der Waals surface area contributed by atoms with Gasteiger partial charge in [-0.15, -0.1) is 0 Å². The Morgan fingerprint density at radius 2 is 1.92 bits per heavy atom. The molecule has 3 rings (SSSR count). The maximum atomic E-state index is 14.9. The van der Waals surface area contributed by atoms with Gasteiger partial charge in [0.1, 0.15) is 0 Å². The molecule has 0 radical (unpaired) electrons. The summed E-state index contributed by atoms with van der Waals surface area (Å²) in [5, 5.41) is 4.53. The molecule has 0 spiro atoms. The fourth-order valence-corrected chi connectivity index (χ4v) is 2.94. The van der Waals surface area contributed by atoms with E-state index in [-0.39, 0.29) is 16.7 Å². The molecule has 134 valence electrons. The molecule has 0 aliphatic carbocycles. The number of rotatable bonds is 3. The zero-order chi connectivity index (χ0) is 18.9. The third-order valence-electron chi connectivity index (χ3n) is 4.28. The van der Waals surface area contributed by atoms with Crippen LogP contribution in [0.15, 0.2) is 48.8 Å². The van der Waals surface area contributed by atoms with Crippen LogP contribution in [0.5, 0.6) is 5.75 Å². The van der Waals surface area contributed by atoms with E-state index in [4.69, 9.17) is 4.74 Å². The quantitative estimate of drug-likeness (QED) is 0.727. The van der Waals surface area contributed by atoms with Gasteiger partial charge in [0.05, 0.1) is 12.7 Å². The van der Waals surface area contributed by atoms with E-state index in [1.807, 2.05) is 39.0 Å². The molecule has 1 amide bonds. The molecule has 0 fully saturated rings. The van der Waals surface area contributed by atoms with Crippen molar-refractivity contribution in [3.05, 3.63) is 65.7 Å². The van der Waals surface area contributed by atoms with Crippen LogP contribution in [0.4, 0.5) is 10.1 Å². The highest BCUT2D eigenvalue weighted by atomic mass is 19.1. The van der Waals surface area contributed by atoms with E-state index in [2.05, 4.69) is 10.3 Å². The van der Waals surface area contributed by atoms with E-state index in [9.17, 15) is 9.18 Å². The highest BCUT2D eigenvalue weighted by molar-refractivity contribution is 6.09. The van der Waals surface area contributed by atoms with Crippen LogP contribution in [0.1, 0.15) is 36.7 Å². The molecule has 4 nitrogen and oxygen atoms in total. The molecule has 0 atom stereocenters. The molecule has 0 saturated carbocycles.